The lowest BCUT2D eigenvalue weighted by Crippen LogP contribution is -2.10. The number of hydrogen-bond donors (Lipinski definition) is 0. The van der Waals surface area contributed by atoms with E-state index >= 15 is 0 Å². The lowest BCUT2D eigenvalue weighted by Gasteiger charge is -2.33. The van der Waals surface area contributed by atoms with Crippen LogP contribution in [-0.2, 0) is 4.52 Å². The van der Waals surface area contributed by atoms with Crippen LogP contribution in [0.4, 0.5) is 0 Å². The summed E-state index contributed by atoms with van der Waals surface area (Å²) < 4.78 is 78.9. The molecule has 8 rings (SSSR count). The Hall–Kier alpha value is -5.98. The molecule has 0 saturated heterocycles. The van der Waals surface area contributed by atoms with E-state index in [2.05, 4.69) is 0 Å². The Kier molecular flexibility index (Phi) is 14.5. The van der Waals surface area contributed by atoms with E-state index in [9.17, 15) is 0 Å². The van der Waals surface area contributed by atoms with Crippen LogP contribution in [0.25, 0.3) is 0 Å². The van der Waals surface area contributed by atoms with Crippen molar-refractivity contribution in [3.63, 3.8) is 0 Å². The van der Waals surface area contributed by atoms with Gasteiger partial charge in [0, 0.05) is 0 Å². The highest BCUT2D eigenvalue weighted by atomic mass is 31.3. The molecular weight excluding hydrogens is 920 g/mol. The standard InChI is InChI=1S/C51H54N4O8P4/c1-9-56-64(57-45-24-10-38(2)11-25-45)52-65(58-46-26-12-39(3)13-27-46,59-47-28-14-40(4)15-29-47)54-67(62-50-34-20-43(7)21-35-50,63-51-36-22-44(8)23-37-51)55-66(53-64,60-48-30-16-41(5)17-31-48)61-49-32-18-42(6)19-33-49/h10-37H,9H2,1-8H3. The van der Waals surface area contributed by atoms with Gasteiger partial charge >= 0.3 is 30.6 Å². The monoisotopic (exact) mass is 974 g/mol. The van der Waals surface area contributed by atoms with Gasteiger partial charge in [0.1, 0.15) is 40.2 Å². The van der Waals surface area contributed by atoms with Crippen LogP contribution in [0.5, 0.6) is 40.2 Å². The number of hydrogen-bond acceptors (Lipinski definition) is 12. The molecule has 346 valence electrons. The summed E-state index contributed by atoms with van der Waals surface area (Å²) in [5.41, 5.74) is 7.08. The molecule has 1 aliphatic rings. The predicted octanol–water partition coefficient (Wildman–Crippen LogP) is 17.5. The molecule has 0 N–H and O–H groups in total. The molecule has 0 radical (unpaired) electrons. The van der Waals surface area contributed by atoms with Gasteiger partial charge in [-0.2, -0.15) is 0 Å². The molecule has 0 amide bonds. The second kappa shape index (κ2) is 20.5. The van der Waals surface area contributed by atoms with Gasteiger partial charge in [0.15, 0.2) is 0 Å². The zero-order chi connectivity index (χ0) is 47.1. The third-order valence-corrected chi connectivity index (χ3v) is 20.9. The Morgan fingerprint density at radius 1 is 0.254 bits per heavy atom. The van der Waals surface area contributed by atoms with Crippen molar-refractivity contribution in [3.05, 3.63) is 209 Å². The lowest BCUT2D eigenvalue weighted by atomic mass is 10.2. The minimum Gasteiger partial charge on any atom is -0.422 e. The van der Waals surface area contributed by atoms with Crippen LogP contribution in [0, 0.1) is 48.5 Å². The van der Waals surface area contributed by atoms with Gasteiger partial charge in [-0.25, -0.2) is 0 Å². The Labute approximate surface area is 394 Å². The normalized spacial score (nSPS) is 16.8. The summed E-state index contributed by atoms with van der Waals surface area (Å²) in [6.45, 7) is 15.9. The maximum absolute atomic E-state index is 7.17. The summed E-state index contributed by atoms with van der Waals surface area (Å²) in [7, 11) is -17.2. The highest BCUT2D eigenvalue weighted by Gasteiger charge is 2.48. The molecule has 67 heavy (non-hydrogen) atoms. The summed E-state index contributed by atoms with van der Waals surface area (Å²) in [6.07, 6.45) is 0. The van der Waals surface area contributed by atoms with Crippen LogP contribution in [0.3, 0.4) is 0 Å². The molecule has 1 unspecified atom stereocenters. The van der Waals surface area contributed by atoms with E-state index in [0.717, 1.165) is 38.9 Å². The number of aryl methyl sites for hydroxylation is 7. The molecule has 1 aliphatic heterocycles. The topological polar surface area (TPSA) is 123 Å². The Balaban J connectivity index is 1.57. The fourth-order valence-electron chi connectivity index (χ4n) is 6.36. The van der Waals surface area contributed by atoms with Crippen molar-refractivity contribution >= 4 is 30.6 Å². The lowest BCUT2D eigenvalue weighted by molar-refractivity contribution is 0.323. The van der Waals surface area contributed by atoms with E-state index in [4.69, 9.17) is 54.3 Å². The van der Waals surface area contributed by atoms with Gasteiger partial charge in [0.05, 0.1) is 6.61 Å². The SMILES string of the molecule is CCOP1(Oc2ccc(C)cc2)=NP(Oc2ccc(C)cc2)(Oc2ccc(C)cc2)=NP(Oc2ccc(C)cc2)(Oc2ccc(C)cc2)=NP(Oc2ccc(C)cc2)(Oc2ccc(C)cc2)=N1. The summed E-state index contributed by atoms with van der Waals surface area (Å²) in [5.74, 6) is 2.73. The van der Waals surface area contributed by atoms with Crippen molar-refractivity contribution in [1.82, 2.24) is 0 Å². The van der Waals surface area contributed by atoms with Crippen molar-refractivity contribution in [2.24, 2.45) is 18.1 Å². The van der Waals surface area contributed by atoms with Crippen LogP contribution in [-0.4, -0.2) is 6.61 Å². The van der Waals surface area contributed by atoms with Crippen LogP contribution >= 0.6 is 30.6 Å². The van der Waals surface area contributed by atoms with Crippen molar-refractivity contribution in [1.29, 1.82) is 0 Å². The third-order valence-electron chi connectivity index (χ3n) is 9.92. The molecular formula is C51H54N4O8P4. The highest BCUT2D eigenvalue weighted by molar-refractivity contribution is 7.79. The van der Waals surface area contributed by atoms with Gasteiger partial charge < -0.3 is 31.7 Å². The molecule has 12 nitrogen and oxygen atoms in total. The van der Waals surface area contributed by atoms with E-state index in [0.29, 0.717) is 40.2 Å². The average Bonchev–Trinajstić information content (AvgIpc) is 3.29. The van der Waals surface area contributed by atoms with Crippen molar-refractivity contribution in [2.45, 2.75) is 55.4 Å². The molecule has 1 atom stereocenters. The van der Waals surface area contributed by atoms with E-state index < -0.39 is 30.6 Å². The fraction of sp³-hybridized carbons (Fsp3) is 0.176. The van der Waals surface area contributed by atoms with Crippen LogP contribution in [0.1, 0.15) is 45.9 Å². The first-order valence-corrected chi connectivity index (χ1v) is 27.9. The second-order valence-corrected chi connectivity index (χ2v) is 24.4. The minimum atomic E-state index is -4.36. The molecule has 0 aromatic heterocycles. The molecule has 0 spiro atoms. The summed E-state index contributed by atoms with van der Waals surface area (Å²) >= 11 is 0. The molecule has 7 aromatic carbocycles. The molecule has 1 heterocycles. The molecule has 16 heteroatoms. The van der Waals surface area contributed by atoms with Gasteiger partial charge in [0.2, 0.25) is 0 Å². The van der Waals surface area contributed by atoms with Gasteiger partial charge in [-0.15, -0.1) is 9.03 Å². The quantitative estimate of drug-likeness (QED) is 0.0877. The Morgan fingerprint density at radius 3 is 0.582 bits per heavy atom. The molecule has 0 aliphatic carbocycles. The number of rotatable bonds is 16. The number of benzene rings is 7. The van der Waals surface area contributed by atoms with E-state index in [-0.39, 0.29) is 6.61 Å². The zero-order valence-corrected chi connectivity index (χ0v) is 42.3. The van der Waals surface area contributed by atoms with E-state index in [1.165, 1.54) is 0 Å². The first kappa shape index (κ1) is 47.5. The number of nitrogens with zero attached hydrogens (tertiary/aromatic N) is 4. The minimum absolute atomic E-state index is 0.0801. The van der Waals surface area contributed by atoms with Crippen LogP contribution < -0.4 is 31.7 Å². The fourth-order valence-corrected chi connectivity index (χ4v) is 18.5. The zero-order valence-electron chi connectivity index (χ0n) is 38.7. The smallest absolute Gasteiger partial charge is 0.422 e. The van der Waals surface area contributed by atoms with E-state index in [1.54, 1.807) is 0 Å². The molecule has 0 bridgehead atoms. The maximum atomic E-state index is 7.17. The largest absolute Gasteiger partial charge is 0.460 e. The van der Waals surface area contributed by atoms with Crippen molar-refractivity contribution in [3.8, 4) is 40.2 Å². The van der Waals surface area contributed by atoms with Gasteiger partial charge in [-0.1, -0.05) is 133 Å². The van der Waals surface area contributed by atoms with Crippen molar-refractivity contribution < 1.29 is 36.2 Å². The first-order chi connectivity index (χ1) is 32.2. The average molecular weight is 975 g/mol. The van der Waals surface area contributed by atoms with Gasteiger partial charge in [-0.3, -0.25) is 4.52 Å². The summed E-state index contributed by atoms with van der Waals surface area (Å²) in [6, 6.07) is 52.6. The third kappa shape index (κ3) is 12.5. The Bertz CT molecular complexity index is 2790. The van der Waals surface area contributed by atoms with Gasteiger partial charge in [0.25, 0.3) is 0 Å². The highest BCUT2D eigenvalue weighted by Crippen LogP contribution is 2.79. The second-order valence-electron chi connectivity index (χ2n) is 16.1. The molecule has 7 aromatic rings. The maximum Gasteiger partial charge on any atom is 0.460 e. The predicted molar refractivity (Wildman–Crippen MR) is 272 cm³/mol. The first-order valence-electron chi connectivity index (χ1n) is 21.7. The van der Waals surface area contributed by atoms with Crippen molar-refractivity contribution in [2.75, 3.05) is 6.61 Å². The molecule has 0 saturated carbocycles. The van der Waals surface area contributed by atoms with Crippen LogP contribution in [0.15, 0.2) is 188 Å². The Morgan fingerprint density at radius 2 is 0.403 bits per heavy atom. The summed E-state index contributed by atoms with van der Waals surface area (Å²) in [4.78, 5) is 0. The van der Waals surface area contributed by atoms with Gasteiger partial charge in [-0.05, 0) is 140 Å². The molecule has 0 fully saturated rings. The van der Waals surface area contributed by atoms with Crippen LogP contribution in [0.2, 0.25) is 0 Å². The summed E-state index contributed by atoms with van der Waals surface area (Å²) in [5, 5.41) is 0. The van der Waals surface area contributed by atoms with E-state index in [1.807, 2.05) is 225 Å².